The van der Waals surface area contributed by atoms with Crippen LogP contribution in [0.3, 0.4) is 0 Å². The molecule has 2 aliphatic rings. The van der Waals surface area contributed by atoms with Gasteiger partial charge >= 0.3 is 0 Å². The summed E-state index contributed by atoms with van der Waals surface area (Å²) in [4.78, 5) is 16.7. The monoisotopic (exact) mass is 325 g/mol. The summed E-state index contributed by atoms with van der Waals surface area (Å²) in [5, 5.41) is 3.08. The van der Waals surface area contributed by atoms with Gasteiger partial charge < -0.3 is 9.88 Å². The van der Waals surface area contributed by atoms with Gasteiger partial charge in [-0.2, -0.15) is 0 Å². The molecule has 1 amide bonds. The Kier molecular flexibility index (Phi) is 4.54. The van der Waals surface area contributed by atoms with Crippen molar-refractivity contribution in [1.29, 1.82) is 0 Å². The van der Waals surface area contributed by atoms with Crippen molar-refractivity contribution < 1.29 is 4.79 Å². The number of rotatable bonds is 6. The minimum absolute atomic E-state index is 0.195. The van der Waals surface area contributed by atoms with Gasteiger partial charge in [0.25, 0.3) is 0 Å². The van der Waals surface area contributed by atoms with Crippen molar-refractivity contribution >= 4 is 16.9 Å². The summed E-state index contributed by atoms with van der Waals surface area (Å²) in [6.07, 6.45) is 10.3. The summed E-state index contributed by atoms with van der Waals surface area (Å²) >= 11 is 0. The van der Waals surface area contributed by atoms with E-state index in [1.807, 2.05) is 6.07 Å². The molecule has 4 rings (SSSR count). The van der Waals surface area contributed by atoms with Gasteiger partial charge in [0.1, 0.15) is 5.82 Å². The second-order valence-electron chi connectivity index (χ2n) is 7.45. The Hall–Kier alpha value is -1.84. The highest BCUT2D eigenvalue weighted by atomic mass is 16.2. The Morgan fingerprint density at radius 3 is 2.71 bits per heavy atom. The summed E-state index contributed by atoms with van der Waals surface area (Å²) in [5.74, 6) is 2.31. The number of nitrogens with one attached hydrogen (secondary N) is 1. The highest BCUT2D eigenvalue weighted by Crippen LogP contribution is 2.29. The maximum Gasteiger partial charge on any atom is 0.223 e. The van der Waals surface area contributed by atoms with E-state index in [0.717, 1.165) is 36.6 Å². The molecule has 4 heteroatoms. The molecule has 0 aliphatic heterocycles. The van der Waals surface area contributed by atoms with Crippen LogP contribution in [0, 0.1) is 11.8 Å². The molecule has 2 aliphatic carbocycles. The number of aryl methyl sites for hydroxylation is 1. The number of imidazole rings is 1. The molecule has 2 saturated carbocycles. The average molecular weight is 325 g/mol. The number of hydrogen-bond acceptors (Lipinski definition) is 2. The minimum Gasteiger partial charge on any atom is -0.349 e. The predicted octanol–water partition coefficient (Wildman–Crippen LogP) is 4.03. The number of nitrogens with zero attached hydrogens (tertiary/aromatic N) is 2. The minimum atomic E-state index is 0.195. The van der Waals surface area contributed by atoms with Gasteiger partial charge in [0, 0.05) is 12.5 Å². The maximum atomic E-state index is 12.0. The SMILES string of the molecule is O=C(NCc1nc2ccccc2n1CCC1CCCCC1)C1CC1. The quantitative estimate of drug-likeness (QED) is 0.871. The number of aromatic nitrogens is 2. The molecule has 0 spiro atoms. The van der Waals surface area contributed by atoms with Crippen molar-refractivity contribution in [3.63, 3.8) is 0 Å². The van der Waals surface area contributed by atoms with E-state index in [1.54, 1.807) is 0 Å². The normalized spacial score (nSPS) is 18.8. The van der Waals surface area contributed by atoms with Crippen LogP contribution < -0.4 is 5.32 Å². The van der Waals surface area contributed by atoms with Crippen LogP contribution in [0.2, 0.25) is 0 Å². The Bertz CT molecular complexity index is 711. The van der Waals surface area contributed by atoms with Crippen molar-refractivity contribution in [1.82, 2.24) is 14.9 Å². The third kappa shape index (κ3) is 3.47. The summed E-state index contributed by atoms with van der Waals surface area (Å²) in [6.45, 7) is 1.56. The van der Waals surface area contributed by atoms with Gasteiger partial charge in [-0.3, -0.25) is 4.79 Å². The van der Waals surface area contributed by atoms with E-state index >= 15 is 0 Å². The molecule has 2 aromatic rings. The predicted molar refractivity (Wildman–Crippen MR) is 95.5 cm³/mol. The van der Waals surface area contributed by atoms with E-state index in [9.17, 15) is 4.79 Å². The van der Waals surface area contributed by atoms with Crippen molar-refractivity contribution in [2.24, 2.45) is 11.8 Å². The van der Waals surface area contributed by atoms with Gasteiger partial charge in [-0.25, -0.2) is 4.98 Å². The fourth-order valence-corrected chi connectivity index (χ4v) is 3.95. The van der Waals surface area contributed by atoms with Gasteiger partial charge in [0.2, 0.25) is 5.91 Å². The molecular weight excluding hydrogens is 298 g/mol. The van der Waals surface area contributed by atoms with Crippen LogP contribution in [0.4, 0.5) is 0 Å². The fourth-order valence-electron chi connectivity index (χ4n) is 3.95. The number of carbonyl (C=O) groups is 1. The fraction of sp³-hybridized carbons (Fsp3) is 0.600. The van der Waals surface area contributed by atoms with Crippen LogP contribution in [0.15, 0.2) is 24.3 Å². The number of carbonyl (C=O) groups excluding carboxylic acids is 1. The van der Waals surface area contributed by atoms with Gasteiger partial charge in [0.05, 0.1) is 17.6 Å². The highest BCUT2D eigenvalue weighted by molar-refractivity contribution is 5.81. The maximum absolute atomic E-state index is 12.0. The molecule has 1 heterocycles. The lowest BCUT2D eigenvalue weighted by molar-refractivity contribution is -0.122. The molecule has 0 bridgehead atoms. The van der Waals surface area contributed by atoms with E-state index in [4.69, 9.17) is 4.98 Å². The number of para-hydroxylation sites is 2. The topological polar surface area (TPSA) is 46.9 Å². The van der Waals surface area contributed by atoms with Gasteiger partial charge in [-0.1, -0.05) is 44.2 Å². The number of amides is 1. The largest absolute Gasteiger partial charge is 0.349 e. The first-order valence-electron chi connectivity index (χ1n) is 9.53. The molecule has 0 atom stereocenters. The molecule has 128 valence electrons. The van der Waals surface area contributed by atoms with Crippen LogP contribution in [0.25, 0.3) is 11.0 Å². The molecule has 2 fully saturated rings. The summed E-state index contributed by atoms with van der Waals surface area (Å²) in [5.41, 5.74) is 2.24. The van der Waals surface area contributed by atoms with E-state index in [-0.39, 0.29) is 11.8 Å². The van der Waals surface area contributed by atoms with Crippen molar-refractivity contribution in [2.45, 2.75) is 64.5 Å². The standard InChI is InChI=1S/C20H27N3O/c24-20(16-10-11-16)21-14-19-22-17-8-4-5-9-18(17)23(19)13-12-15-6-2-1-3-7-15/h4-5,8-9,15-16H,1-3,6-7,10-14H2,(H,21,24). The smallest absolute Gasteiger partial charge is 0.223 e. The zero-order valence-corrected chi connectivity index (χ0v) is 14.3. The first-order valence-corrected chi connectivity index (χ1v) is 9.53. The van der Waals surface area contributed by atoms with E-state index in [0.29, 0.717) is 6.54 Å². The van der Waals surface area contributed by atoms with Gasteiger partial charge in [-0.05, 0) is 37.3 Å². The summed E-state index contributed by atoms with van der Waals surface area (Å²) < 4.78 is 2.33. The molecule has 1 aromatic carbocycles. The molecule has 0 saturated heterocycles. The third-order valence-electron chi connectivity index (χ3n) is 5.59. The van der Waals surface area contributed by atoms with Crippen LogP contribution >= 0.6 is 0 Å². The average Bonchev–Trinajstić information content (AvgIpc) is 3.41. The van der Waals surface area contributed by atoms with Gasteiger partial charge in [-0.15, -0.1) is 0 Å². The van der Waals surface area contributed by atoms with E-state index in [1.165, 1.54) is 44.0 Å². The van der Waals surface area contributed by atoms with Crippen LogP contribution in [-0.4, -0.2) is 15.5 Å². The molecule has 1 aromatic heterocycles. The summed E-state index contributed by atoms with van der Waals surface area (Å²) in [6, 6.07) is 8.33. The molecular formula is C20H27N3O. The molecule has 0 radical (unpaired) electrons. The Morgan fingerprint density at radius 1 is 1.12 bits per heavy atom. The molecule has 4 nitrogen and oxygen atoms in total. The van der Waals surface area contributed by atoms with Crippen molar-refractivity contribution in [2.75, 3.05) is 0 Å². The number of hydrogen-bond donors (Lipinski definition) is 1. The first-order chi connectivity index (χ1) is 11.8. The highest BCUT2D eigenvalue weighted by Gasteiger charge is 2.29. The molecule has 24 heavy (non-hydrogen) atoms. The van der Waals surface area contributed by atoms with Crippen molar-refractivity contribution in [3.05, 3.63) is 30.1 Å². The lowest BCUT2D eigenvalue weighted by atomic mass is 9.87. The lowest BCUT2D eigenvalue weighted by Crippen LogP contribution is -2.26. The summed E-state index contributed by atoms with van der Waals surface area (Å²) in [7, 11) is 0. The van der Waals surface area contributed by atoms with Crippen LogP contribution in [0.5, 0.6) is 0 Å². The zero-order valence-electron chi connectivity index (χ0n) is 14.3. The molecule has 0 unspecified atom stereocenters. The number of benzene rings is 1. The Morgan fingerprint density at radius 2 is 1.92 bits per heavy atom. The third-order valence-corrected chi connectivity index (χ3v) is 5.59. The zero-order chi connectivity index (χ0) is 16.4. The second-order valence-corrected chi connectivity index (χ2v) is 7.45. The van der Waals surface area contributed by atoms with Crippen molar-refractivity contribution in [3.8, 4) is 0 Å². The van der Waals surface area contributed by atoms with E-state index in [2.05, 4.69) is 28.1 Å². The van der Waals surface area contributed by atoms with Crippen LogP contribution in [0.1, 0.15) is 57.2 Å². The van der Waals surface area contributed by atoms with Gasteiger partial charge in [0.15, 0.2) is 0 Å². The molecule has 1 N–H and O–H groups in total. The lowest BCUT2D eigenvalue weighted by Gasteiger charge is -2.22. The second kappa shape index (κ2) is 6.96. The van der Waals surface area contributed by atoms with E-state index < -0.39 is 0 Å². The first kappa shape index (κ1) is 15.7. The van der Waals surface area contributed by atoms with Crippen LogP contribution in [-0.2, 0) is 17.9 Å². The Balaban J connectivity index is 1.49. The Labute approximate surface area is 143 Å². The number of fused-ring (bicyclic) bond motifs is 1.